The Bertz CT molecular complexity index is 657. The summed E-state index contributed by atoms with van der Waals surface area (Å²) in [5, 5.41) is 11.1. The zero-order valence-electron chi connectivity index (χ0n) is 12.1. The number of thioether (sulfide) groups is 1. The number of carboxylic acid groups (broad SMARTS) is 1. The first-order valence-electron chi connectivity index (χ1n) is 6.60. The number of nitrogens with zero attached hydrogens (tertiary/aromatic N) is 1. The predicted molar refractivity (Wildman–Crippen MR) is 87.1 cm³/mol. The topological polar surface area (TPSA) is 69.7 Å². The number of carboxylic acids is 1. The third kappa shape index (κ3) is 3.31. The fraction of sp³-hybridized carbons (Fsp3) is 0.267. The fourth-order valence-corrected chi connectivity index (χ4v) is 3.44. The number of thiocarbonyl (C=S) groups is 1. The van der Waals surface area contributed by atoms with Gasteiger partial charge in [-0.05, 0) is 30.2 Å². The summed E-state index contributed by atoms with van der Waals surface area (Å²) in [4.78, 5) is 25.1. The van der Waals surface area contributed by atoms with Gasteiger partial charge in [-0.3, -0.25) is 9.69 Å². The second kappa shape index (κ2) is 6.93. The van der Waals surface area contributed by atoms with Gasteiger partial charge in [-0.15, -0.1) is 0 Å². The van der Waals surface area contributed by atoms with Crippen molar-refractivity contribution in [3.63, 3.8) is 0 Å². The molecule has 1 aliphatic heterocycles. The number of hydrogen-bond donors (Lipinski definition) is 0. The number of methoxy groups -OCH3 is 1. The summed E-state index contributed by atoms with van der Waals surface area (Å²) in [7, 11) is 1.56. The van der Waals surface area contributed by atoms with Gasteiger partial charge in [-0.1, -0.05) is 43.0 Å². The molecule has 1 heterocycles. The van der Waals surface area contributed by atoms with E-state index in [1.807, 2.05) is 6.07 Å². The largest absolute Gasteiger partial charge is 0.548 e. The molecule has 0 N–H and O–H groups in total. The van der Waals surface area contributed by atoms with Crippen molar-refractivity contribution in [3.8, 4) is 5.75 Å². The molecule has 0 unspecified atom stereocenters. The monoisotopic (exact) mass is 336 g/mol. The summed E-state index contributed by atoms with van der Waals surface area (Å²) in [5.41, 5.74) is 0.779. The Hall–Kier alpha value is -1.86. The summed E-state index contributed by atoms with van der Waals surface area (Å²) in [6, 6.07) is 6.17. The van der Waals surface area contributed by atoms with Crippen LogP contribution in [-0.4, -0.2) is 34.2 Å². The number of aliphatic carboxylic acids is 1. The quantitative estimate of drug-likeness (QED) is 0.598. The second-order valence-corrected chi connectivity index (χ2v) is 6.25. The standard InChI is InChI=1S/C15H15NO4S2/c1-3-11(14(18)19)16-13(17)12(22-15(16)21)8-9-5-4-6-10(7-9)20-2/h4-8,11H,3H2,1-2H3,(H,18,19)/p-1/b12-8-/t11-/m0/s1. The molecular weight excluding hydrogens is 322 g/mol. The van der Waals surface area contributed by atoms with E-state index in [1.165, 1.54) is 0 Å². The van der Waals surface area contributed by atoms with Gasteiger partial charge in [0.15, 0.2) is 0 Å². The number of carbonyl (C=O) groups excluding carboxylic acids is 2. The molecule has 116 valence electrons. The van der Waals surface area contributed by atoms with Crippen LogP contribution in [0, 0.1) is 0 Å². The first-order valence-corrected chi connectivity index (χ1v) is 7.82. The highest BCUT2D eigenvalue weighted by molar-refractivity contribution is 8.26. The molecular formula is C15H14NO4S2-. The number of hydrogen-bond acceptors (Lipinski definition) is 6. The lowest BCUT2D eigenvalue weighted by Gasteiger charge is -2.26. The molecule has 1 amide bonds. The van der Waals surface area contributed by atoms with Crippen molar-refractivity contribution >= 4 is 46.3 Å². The molecule has 1 atom stereocenters. The zero-order valence-corrected chi connectivity index (χ0v) is 13.7. The van der Waals surface area contributed by atoms with E-state index in [0.29, 0.717) is 10.7 Å². The van der Waals surface area contributed by atoms with Crippen molar-refractivity contribution in [2.24, 2.45) is 0 Å². The molecule has 0 spiro atoms. The van der Waals surface area contributed by atoms with E-state index < -0.39 is 17.9 Å². The number of amides is 1. The predicted octanol–water partition coefficient (Wildman–Crippen LogP) is 1.42. The molecule has 1 aromatic rings. The first-order chi connectivity index (χ1) is 10.5. The van der Waals surface area contributed by atoms with Crippen LogP contribution in [0.5, 0.6) is 5.75 Å². The Morgan fingerprint density at radius 3 is 2.86 bits per heavy atom. The zero-order chi connectivity index (χ0) is 16.3. The first kappa shape index (κ1) is 16.5. The van der Waals surface area contributed by atoms with Crippen molar-refractivity contribution in [1.82, 2.24) is 4.90 Å². The van der Waals surface area contributed by atoms with Gasteiger partial charge in [0, 0.05) is 0 Å². The van der Waals surface area contributed by atoms with Crippen molar-refractivity contribution in [3.05, 3.63) is 34.7 Å². The van der Waals surface area contributed by atoms with E-state index in [0.717, 1.165) is 22.2 Å². The van der Waals surface area contributed by atoms with Crippen LogP contribution in [0.25, 0.3) is 6.08 Å². The molecule has 0 bridgehead atoms. The average Bonchev–Trinajstić information content (AvgIpc) is 2.76. The molecule has 0 saturated carbocycles. The molecule has 0 radical (unpaired) electrons. The Morgan fingerprint density at radius 2 is 2.27 bits per heavy atom. The lowest BCUT2D eigenvalue weighted by atomic mass is 10.1. The normalized spacial score (nSPS) is 17.9. The van der Waals surface area contributed by atoms with E-state index in [-0.39, 0.29) is 10.7 Å². The SMILES string of the molecule is CC[C@@H](C(=O)[O-])N1C(=O)/C(=C/c2cccc(OC)c2)SC1=S. The Morgan fingerprint density at radius 1 is 1.55 bits per heavy atom. The highest BCUT2D eigenvalue weighted by atomic mass is 32.2. The van der Waals surface area contributed by atoms with E-state index >= 15 is 0 Å². The Balaban J connectivity index is 2.31. The fourth-order valence-electron chi connectivity index (χ4n) is 2.09. The number of benzene rings is 1. The lowest BCUT2D eigenvalue weighted by molar-refractivity contribution is -0.310. The van der Waals surface area contributed by atoms with Gasteiger partial charge in [-0.25, -0.2) is 0 Å². The van der Waals surface area contributed by atoms with Crippen molar-refractivity contribution in [2.45, 2.75) is 19.4 Å². The van der Waals surface area contributed by atoms with Gasteiger partial charge < -0.3 is 14.6 Å². The Labute approximate surface area is 137 Å². The van der Waals surface area contributed by atoms with Crippen LogP contribution in [0.2, 0.25) is 0 Å². The van der Waals surface area contributed by atoms with Crippen LogP contribution in [0.15, 0.2) is 29.2 Å². The summed E-state index contributed by atoms with van der Waals surface area (Å²) < 4.78 is 5.36. The van der Waals surface area contributed by atoms with Gasteiger partial charge in [0.25, 0.3) is 5.91 Å². The maximum Gasteiger partial charge on any atom is 0.266 e. The van der Waals surface area contributed by atoms with Gasteiger partial charge in [0.2, 0.25) is 0 Å². The van der Waals surface area contributed by atoms with Gasteiger partial charge >= 0.3 is 0 Å². The summed E-state index contributed by atoms with van der Waals surface area (Å²) >= 11 is 6.22. The summed E-state index contributed by atoms with van der Waals surface area (Å²) in [6.07, 6.45) is 1.91. The number of ether oxygens (including phenoxy) is 1. The van der Waals surface area contributed by atoms with E-state index in [9.17, 15) is 14.7 Å². The Kier molecular flexibility index (Phi) is 5.20. The van der Waals surface area contributed by atoms with Crippen LogP contribution < -0.4 is 9.84 Å². The summed E-state index contributed by atoms with van der Waals surface area (Å²) in [6.45, 7) is 1.67. The van der Waals surface area contributed by atoms with Crippen LogP contribution >= 0.6 is 24.0 Å². The molecule has 0 aromatic heterocycles. The molecule has 5 nitrogen and oxygen atoms in total. The summed E-state index contributed by atoms with van der Waals surface area (Å²) in [5.74, 6) is -1.04. The van der Waals surface area contributed by atoms with Crippen LogP contribution in [0.4, 0.5) is 0 Å². The minimum Gasteiger partial charge on any atom is -0.548 e. The molecule has 7 heteroatoms. The minimum absolute atomic E-state index is 0.232. The highest BCUT2D eigenvalue weighted by Gasteiger charge is 2.36. The minimum atomic E-state index is -1.30. The van der Waals surface area contributed by atoms with Gasteiger partial charge in [-0.2, -0.15) is 0 Å². The molecule has 2 rings (SSSR count). The third-order valence-corrected chi connectivity index (χ3v) is 4.52. The van der Waals surface area contributed by atoms with Crippen LogP contribution in [0.3, 0.4) is 0 Å². The van der Waals surface area contributed by atoms with Crippen molar-refractivity contribution < 1.29 is 19.4 Å². The molecule has 1 aromatic carbocycles. The number of carbonyl (C=O) groups is 2. The van der Waals surface area contributed by atoms with E-state index in [2.05, 4.69) is 0 Å². The smallest absolute Gasteiger partial charge is 0.266 e. The average molecular weight is 336 g/mol. The van der Waals surface area contributed by atoms with Crippen LogP contribution in [-0.2, 0) is 9.59 Å². The molecule has 1 saturated heterocycles. The molecule has 22 heavy (non-hydrogen) atoms. The van der Waals surface area contributed by atoms with E-state index in [4.69, 9.17) is 17.0 Å². The third-order valence-electron chi connectivity index (χ3n) is 3.19. The molecule has 1 fully saturated rings. The van der Waals surface area contributed by atoms with Crippen molar-refractivity contribution in [2.75, 3.05) is 7.11 Å². The molecule has 0 aliphatic carbocycles. The molecule has 1 aliphatic rings. The maximum absolute atomic E-state index is 12.4. The van der Waals surface area contributed by atoms with Gasteiger partial charge in [0.05, 0.1) is 24.0 Å². The number of rotatable bonds is 5. The van der Waals surface area contributed by atoms with Crippen molar-refractivity contribution in [1.29, 1.82) is 0 Å². The van der Waals surface area contributed by atoms with Gasteiger partial charge in [0.1, 0.15) is 10.1 Å². The van der Waals surface area contributed by atoms with Crippen LogP contribution in [0.1, 0.15) is 18.9 Å². The highest BCUT2D eigenvalue weighted by Crippen LogP contribution is 2.34. The lowest BCUT2D eigenvalue weighted by Crippen LogP contribution is -2.49. The van der Waals surface area contributed by atoms with E-state index in [1.54, 1.807) is 38.3 Å². The second-order valence-electron chi connectivity index (χ2n) is 4.57. The maximum atomic E-state index is 12.4.